The summed E-state index contributed by atoms with van der Waals surface area (Å²) in [7, 11) is 0. The Morgan fingerprint density at radius 1 is 1.54 bits per heavy atom. The van der Waals surface area contributed by atoms with Crippen LogP contribution < -0.4 is 4.74 Å². The molecule has 0 aliphatic rings. The first kappa shape index (κ1) is 9.57. The molecule has 1 aromatic heterocycles. The maximum atomic E-state index is 11.1. The van der Waals surface area contributed by atoms with E-state index in [4.69, 9.17) is 9.47 Å². The topological polar surface area (TPSA) is 64.2 Å². The number of esters is 1. The maximum absolute atomic E-state index is 11.1. The zero-order valence-corrected chi connectivity index (χ0v) is 7.66. The van der Waals surface area contributed by atoms with Gasteiger partial charge in [0.25, 0.3) is 0 Å². The average Bonchev–Trinajstić information content (AvgIpc) is 2.54. The third kappa shape index (κ3) is 2.47. The minimum Gasteiger partial charge on any atom is -0.478 e. The molecule has 0 fully saturated rings. The van der Waals surface area contributed by atoms with Crippen molar-refractivity contribution in [2.45, 2.75) is 13.8 Å². The molecule has 0 radical (unpaired) electrons. The van der Waals surface area contributed by atoms with Crippen LogP contribution in [0.25, 0.3) is 0 Å². The molecule has 0 saturated carbocycles. The van der Waals surface area contributed by atoms with Crippen LogP contribution in [-0.2, 0) is 4.74 Å². The Hall–Kier alpha value is -1.52. The van der Waals surface area contributed by atoms with Crippen LogP contribution >= 0.6 is 0 Å². The minimum atomic E-state index is -0.440. The van der Waals surface area contributed by atoms with E-state index in [2.05, 4.69) is 10.2 Å². The molecule has 0 amide bonds. The Bertz CT molecular complexity index is 283. The molecule has 0 aliphatic heterocycles. The highest BCUT2D eigenvalue weighted by Crippen LogP contribution is 2.08. The highest BCUT2D eigenvalue weighted by Gasteiger charge is 2.10. The molecule has 5 nitrogen and oxygen atoms in total. The predicted octanol–water partition coefficient (Wildman–Crippen LogP) is 0.985. The summed E-state index contributed by atoms with van der Waals surface area (Å²) >= 11 is 0. The number of hydrogen-bond acceptors (Lipinski definition) is 4. The number of H-pyrrole nitrogens is 1. The van der Waals surface area contributed by atoms with Gasteiger partial charge in [-0.2, -0.15) is 5.10 Å². The van der Waals surface area contributed by atoms with Gasteiger partial charge in [-0.1, -0.05) is 0 Å². The number of nitrogens with one attached hydrogen (secondary N) is 1. The molecule has 5 heteroatoms. The van der Waals surface area contributed by atoms with E-state index in [1.54, 1.807) is 6.92 Å². The molecule has 0 spiro atoms. The second-order valence-electron chi connectivity index (χ2n) is 2.27. The van der Waals surface area contributed by atoms with Gasteiger partial charge in [-0.05, 0) is 13.8 Å². The van der Waals surface area contributed by atoms with Gasteiger partial charge in [0.15, 0.2) is 5.69 Å². The summed E-state index contributed by atoms with van der Waals surface area (Å²) in [6, 6.07) is 1.52. The fourth-order valence-electron chi connectivity index (χ4n) is 0.843. The number of nitrogens with zero attached hydrogens (tertiary/aromatic N) is 1. The maximum Gasteiger partial charge on any atom is 0.358 e. The summed E-state index contributed by atoms with van der Waals surface area (Å²) in [6.45, 7) is 4.47. The lowest BCUT2D eigenvalue weighted by Crippen LogP contribution is -2.04. The Balaban J connectivity index is 2.62. The van der Waals surface area contributed by atoms with Crippen molar-refractivity contribution in [1.82, 2.24) is 10.2 Å². The standard InChI is InChI=1S/C8H12N2O3/c1-3-12-7-5-6(9-10-7)8(11)13-4-2/h5H,3-4H2,1-2H3,(H,9,10). The first-order valence-corrected chi connectivity index (χ1v) is 4.13. The van der Waals surface area contributed by atoms with Crippen LogP contribution in [0.3, 0.4) is 0 Å². The van der Waals surface area contributed by atoms with Crippen LogP contribution in [0, 0.1) is 0 Å². The monoisotopic (exact) mass is 184 g/mol. The van der Waals surface area contributed by atoms with Gasteiger partial charge >= 0.3 is 5.97 Å². The summed E-state index contributed by atoms with van der Waals surface area (Å²) in [5.74, 6) is 0.0373. The number of aromatic amines is 1. The molecule has 72 valence electrons. The summed E-state index contributed by atoms with van der Waals surface area (Å²) in [6.07, 6.45) is 0. The fraction of sp³-hybridized carbons (Fsp3) is 0.500. The molecular weight excluding hydrogens is 172 g/mol. The number of aromatic nitrogens is 2. The molecule has 0 bridgehead atoms. The summed E-state index contributed by atoms with van der Waals surface area (Å²) in [5.41, 5.74) is 0.241. The van der Waals surface area contributed by atoms with Crippen molar-refractivity contribution in [3.05, 3.63) is 11.8 Å². The summed E-state index contributed by atoms with van der Waals surface area (Å²) in [5, 5.41) is 6.30. The molecular formula is C8H12N2O3. The van der Waals surface area contributed by atoms with Crippen molar-refractivity contribution >= 4 is 5.97 Å². The predicted molar refractivity (Wildman–Crippen MR) is 45.7 cm³/mol. The SMILES string of the molecule is CCOC(=O)c1cc(OCC)[nH]n1. The molecule has 1 aromatic rings. The van der Waals surface area contributed by atoms with E-state index in [1.165, 1.54) is 6.07 Å². The van der Waals surface area contributed by atoms with Crippen LogP contribution in [0.15, 0.2) is 6.07 Å². The molecule has 13 heavy (non-hydrogen) atoms. The van der Waals surface area contributed by atoms with Crippen LogP contribution in [0.4, 0.5) is 0 Å². The molecule has 0 unspecified atom stereocenters. The van der Waals surface area contributed by atoms with Gasteiger partial charge in [0.1, 0.15) is 0 Å². The minimum absolute atomic E-state index is 0.241. The molecule has 0 aromatic carbocycles. The van der Waals surface area contributed by atoms with Gasteiger partial charge in [0.2, 0.25) is 5.88 Å². The van der Waals surface area contributed by atoms with E-state index >= 15 is 0 Å². The number of ether oxygens (including phenoxy) is 2. The van der Waals surface area contributed by atoms with Gasteiger partial charge < -0.3 is 9.47 Å². The van der Waals surface area contributed by atoms with Crippen molar-refractivity contribution in [3.63, 3.8) is 0 Å². The van der Waals surface area contributed by atoms with Gasteiger partial charge in [0, 0.05) is 6.07 Å². The van der Waals surface area contributed by atoms with Gasteiger partial charge in [-0.15, -0.1) is 0 Å². The van der Waals surface area contributed by atoms with Crippen LogP contribution in [0.1, 0.15) is 24.3 Å². The quantitative estimate of drug-likeness (QED) is 0.708. The van der Waals surface area contributed by atoms with E-state index in [9.17, 15) is 4.79 Å². The first-order valence-electron chi connectivity index (χ1n) is 4.13. The molecule has 1 heterocycles. The van der Waals surface area contributed by atoms with Gasteiger partial charge in [0.05, 0.1) is 13.2 Å². The Morgan fingerprint density at radius 3 is 2.92 bits per heavy atom. The zero-order valence-electron chi connectivity index (χ0n) is 7.66. The number of carbonyl (C=O) groups excluding carboxylic acids is 1. The third-order valence-electron chi connectivity index (χ3n) is 1.34. The van der Waals surface area contributed by atoms with Crippen molar-refractivity contribution in [2.24, 2.45) is 0 Å². The Kier molecular flexibility index (Phi) is 3.31. The van der Waals surface area contributed by atoms with Gasteiger partial charge in [-0.3, -0.25) is 0 Å². The number of carbonyl (C=O) groups is 1. The van der Waals surface area contributed by atoms with E-state index in [1.807, 2.05) is 6.92 Å². The molecule has 0 atom stereocenters. The lowest BCUT2D eigenvalue weighted by molar-refractivity contribution is 0.0519. The molecule has 1 N–H and O–H groups in total. The van der Waals surface area contributed by atoms with E-state index in [-0.39, 0.29) is 5.69 Å². The fourth-order valence-corrected chi connectivity index (χ4v) is 0.843. The van der Waals surface area contributed by atoms with Crippen LogP contribution in [0.5, 0.6) is 5.88 Å². The van der Waals surface area contributed by atoms with Crippen LogP contribution in [-0.4, -0.2) is 29.4 Å². The second kappa shape index (κ2) is 4.49. The van der Waals surface area contributed by atoms with E-state index in [0.29, 0.717) is 19.1 Å². The van der Waals surface area contributed by atoms with E-state index in [0.717, 1.165) is 0 Å². The Labute approximate surface area is 76.0 Å². The van der Waals surface area contributed by atoms with Crippen molar-refractivity contribution in [1.29, 1.82) is 0 Å². The number of hydrogen-bond donors (Lipinski definition) is 1. The van der Waals surface area contributed by atoms with Crippen molar-refractivity contribution in [3.8, 4) is 5.88 Å². The van der Waals surface area contributed by atoms with Crippen molar-refractivity contribution < 1.29 is 14.3 Å². The summed E-state index contributed by atoms with van der Waals surface area (Å²) < 4.78 is 9.83. The second-order valence-corrected chi connectivity index (χ2v) is 2.27. The number of rotatable bonds is 4. The lowest BCUT2D eigenvalue weighted by Gasteiger charge is -1.95. The van der Waals surface area contributed by atoms with Crippen LogP contribution in [0.2, 0.25) is 0 Å². The smallest absolute Gasteiger partial charge is 0.358 e. The average molecular weight is 184 g/mol. The largest absolute Gasteiger partial charge is 0.478 e. The summed E-state index contributed by atoms with van der Waals surface area (Å²) in [4.78, 5) is 11.1. The highest BCUT2D eigenvalue weighted by atomic mass is 16.5. The van der Waals surface area contributed by atoms with Crippen molar-refractivity contribution in [2.75, 3.05) is 13.2 Å². The van der Waals surface area contributed by atoms with Gasteiger partial charge in [-0.25, -0.2) is 9.89 Å². The molecule has 0 aliphatic carbocycles. The molecule has 1 rings (SSSR count). The Morgan fingerprint density at radius 2 is 2.31 bits per heavy atom. The third-order valence-corrected chi connectivity index (χ3v) is 1.34. The normalized spacial score (nSPS) is 9.69. The first-order chi connectivity index (χ1) is 6.27. The molecule has 0 saturated heterocycles. The highest BCUT2D eigenvalue weighted by molar-refractivity contribution is 5.87. The lowest BCUT2D eigenvalue weighted by atomic mass is 10.4. The van der Waals surface area contributed by atoms with E-state index < -0.39 is 5.97 Å². The zero-order chi connectivity index (χ0) is 9.68.